The first-order valence-corrected chi connectivity index (χ1v) is 12.2. The number of pyridine rings is 1. The summed E-state index contributed by atoms with van der Waals surface area (Å²) in [7, 11) is 0. The fourth-order valence-electron chi connectivity index (χ4n) is 4.64. The van der Waals surface area contributed by atoms with Crippen molar-refractivity contribution in [3.8, 4) is 0 Å². The van der Waals surface area contributed by atoms with Crippen molar-refractivity contribution in [3.05, 3.63) is 40.6 Å². The number of amides is 3. The number of anilines is 1. The van der Waals surface area contributed by atoms with Gasteiger partial charge in [0.2, 0.25) is 5.91 Å². The van der Waals surface area contributed by atoms with Gasteiger partial charge in [-0.05, 0) is 37.3 Å². The average molecular weight is 462 g/mol. The maximum Gasteiger partial charge on any atom is 0.324 e. The molecular weight excluding hydrogens is 434 g/mol. The zero-order chi connectivity index (χ0) is 21.6. The number of nitrogens with one attached hydrogen (secondary N) is 1. The topological polar surface area (TPSA) is 78.4 Å². The number of hydrogen-bond acceptors (Lipinski definition) is 5. The van der Waals surface area contributed by atoms with Gasteiger partial charge in [0.15, 0.2) is 5.13 Å². The van der Waals surface area contributed by atoms with Crippen LogP contribution in [-0.2, 0) is 11.2 Å². The lowest BCUT2D eigenvalue weighted by molar-refractivity contribution is -0.132. The number of nitrogens with zero attached hydrogens (tertiary/aromatic N) is 4. The summed E-state index contributed by atoms with van der Waals surface area (Å²) < 4.78 is 0.556. The molecule has 0 aromatic carbocycles. The van der Waals surface area contributed by atoms with Gasteiger partial charge in [-0.3, -0.25) is 15.1 Å². The van der Waals surface area contributed by atoms with Gasteiger partial charge in [-0.1, -0.05) is 48.3 Å². The van der Waals surface area contributed by atoms with Crippen LogP contribution in [0.3, 0.4) is 0 Å². The standard InChI is InChI=1S/C22H28ClN5O2S/c23-19-15-25-21(31-19)26-22(30)28(17-6-2-1-3-7-17)18-8-11-27(12-9-18)20(29)13-16-5-4-10-24-14-16/h4-5,10,14-15,17-18H,1-3,6-9,11-13H2,(H,25,26,30). The molecule has 0 radical (unpaired) electrons. The van der Waals surface area contributed by atoms with Gasteiger partial charge in [-0.2, -0.15) is 0 Å². The van der Waals surface area contributed by atoms with E-state index in [1.54, 1.807) is 18.6 Å². The van der Waals surface area contributed by atoms with Gasteiger partial charge in [-0.15, -0.1) is 0 Å². The summed E-state index contributed by atoms with van der Waals surface area (Å²) in [5.41, 5.74) is 0.931. The number of thiazole rings is 1. The Morgan fingerprint density at radius 2 is 1.87 bits per heavy atom. The Morgan fingerprint density at radius 3 is 2.52 bits per heavy atom. The summed E-state index contributed by atoms with van der Waals surface area (Å²) in [6.45, 7) is 1.34. The third-order valence-corrected chi connectivity index (χ3v) is 7.21. The van der Waals surface area contributed by atoms with Crippen molar-refractivity contribution >= 4 is 40.0 Å². The molecule has 0 bridgehead atoms. The van der Waals surface area contributed by atoms with Crippen molar-refractivity contribution in [1.29, 1.82) is 0 Å². The summed E-state index contributed by atoms with van der Waals surface area (Å²) in [5.74, 6) is 0.123. The van der Waals surface area contributed by atoms with E-state index in [0.29, 0.717) is 29.0 Å². The van der Waals surface area contributed by atoms with E-state index in [1.807, 2.05) is 21.9 Å². The minimum absolute atomic E-state index is 0.0990. The molecule has 2 aliphatic rings. The molecule has 1 aliphatic carbocycles. The number of likely N-dealkylation sites (tertiary alicyclic amines) is 1. The number of carbonyl (C=O) groups excluding carboxylic acids is 2. The van der Waals surface area contributed by atoms with Crippen molar-refractivity contribution < 1.29 is 9.59 Å². The molecule has 2 fully saturated rings. The molecule has 0 atom stereocenters. The van der Waals surface area contributed by atoms with Crippen LogP contribution in [-0.4, -0.2) is 56.9 Å². The minimum Gasteiger partial charge on any atom is -0.342 e. The van der Waals surface area contributed by atoms with Crippen molar-refractivity contribution in [3.63, 3.8) is 0 Å². The van der Waals surface area contributed by atoms with E-state index in [4.69, 9.17) is 11.6 Å². The van der Waals surface area contributed by atoms with Crippen LogP contribution in [0, 0.1) is 0 Å². The third kappa shape index (κ3) is 5.74. The molecule has 2 aromatic rings. The Kier molecular flexibility index (Phi) is 7.40. The Hall–Kier alpha value is -2.19. The van der Waals surface area contributed by atoms with E-state index in [9.17, 15) is 9.59 Å². The first kappa shape index (κ1) is 22.0. The first-order valence-electron chi connectivity index (χ1n) is 11.0. The lowest BCUT2D eigenvalue weighted by Crippen LogP contribution is -2.54. The molecule has 31 heavy (non-hydrogen) atoms. The second-order valence-corrected chi connectivity index (χ2v) is 9.91. The van der Waals surface area contributed by atoms with E-state index < -0.39 is 0 Å². The van der Waals surface area contributed by atoms with Crippen molar-refractivity contribution in [2.24, 2.45) is 0 Å². The van der Waals surface area contributed by atoms with Crippen LogP contribution >= 0.6 is 22.9 Å². The van der Waals surface area contributed by atoms with E-state index in [1.165, 1.54) is 17.8 Å². The van der Waals surface area contributed by atoms with Gasteiger partial charge >= 0.3 is 6.03 Å². The second kappa shape index (κ2) is 10.4. The highest BCUT2D eigenvalue weighted by molar-refractivity contribution is 7.19. The van der Waals surface area contributed by atoms with Gasteiger partial charge in [0.05, 0.1) is 12.6 Å². The van der Waals surface area contributed by atoms with Crippen LogP contribution in [0.25, 0.3) is 0 Å². The molecule has 4 rings (SSSR count). The van der Waals surface area contributed by atoms with Crippen LogP contribution in [0.5, 0.6) is 0 Å². The predicted octanol–water partition coefficient (Wildman–Crippen LogP) is 4.59. The zero-order valence-electron chi connectivity index (χ0n) is 17.5. The molecule has 166 valence electrons. The highest BCUT2D eigenvalue weighted by Crippen LogP contribution is 2.30. The molecular formula is C22H28ClN5O2S. The van der Waals surface area contributed by atoms with Crippen molar-refractivity contribution in [2.45, 2.75) is 63.5 Å². The van der Waals surface area contributed by atoms with Gasteiger partial charge < -0.3 is 9.80 Å². The van der Waals surface area contributed by atoms with Crippen LogP contribution in [0.1, 0.15) is 50.5 Å². The van der Waals surface area contributed by atoms with E-state index in [-0.39, 0.29) is 24.0 Å². The molecule has 0 spiro atoms. The molecule has 3 amide bonds. The zero-order valence-corrected chi connectivity index (χ0v) is 19.1. The number of urea groups is 1. The molecule has 1 N–H and O–H groups in total. The molecule has 3 heterocycles. The first-order chi connectivity index (χ1) is 15.1. The molecule has 2 aromatic heterocycles. The smallest absolute Gasteiger partial charge is 0.324 e. The molecule has 7 nitrogen and oxygen atoms in total. The largest absolute Gasteiger partial charge is 0.342 e. The van der Waals surface area contributed by atoms with Crippen molar-refractivity contribution in [1.82, 2.24) is 19.8 Å². The monoisotopic (exact) mass is 461 g/mol. The number of rotatable bonds is 5. The maximum atomic E-state index is 13.2. The fourth-order valence-corrected chi connectivity index (χ4v) is 5.44. The van der Waals surface area contributed by atoms with Gasteiger partial charge in [-0.25, -0.2) is 9.78 Å². The molecule has 9 heteroatoms. The number of piperidine rings is 1. The van der Waals surface area contributed by atoms with Crippen molar-refractivity contribution in [2.75, 3.05) is 18.4 Å². The van der Waals surface area contributed by atoms with E-state index >= 15 is 0 Å². The minimum atomic E-state index is -0.0990. The Morgan fingerprint density at radius 1 is 1.13 bits per heavy atom. The third-order valence-electron chi connectivity index (χ3n) is 6.18. The number of hydrogen-bond donors (Lipinski definition) is 1. The maximum absolute atomic E-state index is 13.2. The van der Waals surface area contributed by atoms with Crippen LogP contribution < -0.4 is 5.32 Å². The summed E-state index contributed by atoms with van der Waals surface area (Å²) in [4.78, 5) is 38.2. The summed E-state index contributed by atoms with van der Waals surface area (Å²) in [6, 6.07) is 4.05. The summed E-state index contributed by atoms with van der Waals surface area (Å²) in [6.07, 6.45) is 12.6. The van der Waals surface area contributed by atoms with E-state index in [2.05, 4.69) is 15.3 Å². The van der Waals surface area contributed by atoms with Crippen LogP contribution in [0.2, 0.25) is 4.34 Å². The number of halogens is 1. The molecule has 1 saturated carbocycles. The predicted molar refractivity (Wildman–Crippen MR) is 122 cm³/mol. The summed E-state index contributed by atoms with van der Waals surface area (Å²) in [5, 5.41) is 3.47. The Labute approximate surface area is 191 Å². The lowest BCUT2D eigenvalue weighted by atomic mass is 9.91. The highest BCUT2D eigenvalue weighted by Gasteiger charge is 2.35. The highest BCUT2D eigenvalue weighted by atomic mass is 35.5. The summed E-state index contributed by atoms with van der Waals surface area (Å²) >= 11 is 7.24. The van der Waals surface area contributed by atoms with Gasteiger partial charge in [0, 0.05) is 37.6 Å². The Bertz CT molecular complexity index is 879. The van der Waals surface area contributed by atoms with Gasteiger partial charge in [0.25, 0.3) is 0 Å². The van der Waals surface area contributed by atoms with Crippen LogP contribution in [0.4, 0.5) is 9.93 Å². The lowest BCUT2D eigenvalue weighted by Gasteiger charge is -2.43. The van der Waals surface area contributed by atoms with Crippen LogP contribution in [0.15, 0.2) is 30.7 Å². The molecule has 1 aliphatic heterocycles. The number of carbonyl (C=O) groups is 2. The fraction of sp³-hybridized carbons (Fsp3) is 0.545. The average Bonchev–Trinajstić information content (AvgIpc) is 3.20. The quantitative estimate of drug-likeness (QED) is 0.706. The molecule has 0 unspecified atom stereocenters. The SMILES string of the molecule is O=C(Cc1cccnc1)N1CCC(N(C(=O)Nc2ncc(Cl)s2)C2CCCCC2)CC1. The van der Waals surface area contributed by atoms with Gasteiger partial charge in [0.1, 0.15) is 4.34 Å². The second-order valence-electron chi connectivity index (χ2n) is 8.25. The number of aromatic nitrogens is 2. The molecule has 1 saturated heterocycles. The normalized spacial score (nSPS) is 18.0. The Balaban J connectivity index is 1.39. The van der Waals surface area contributed by atoms with E-state index in [0.717, 1.165) is 44.1 Å².